The van der Waals surface area contributed by atoms with Gasteiger partial charge in [-0.3, -0.25) is 4.68 Å². The summed E-state index contributed by atoms with van der Waals surface area (Å²) in [5, 5.41) is 8.09. The van der Waals surface area contributed by atoms with Crippen molar-refractivity contribution in [2.45, 2.75) is 39.0 Å². The lowest BCUT2D eigenvalue weighted by atomic mass is 9.89. The third-order valence-corrected chi connectivity index (χ3v) is 3.12. The highest BCUT2D eigenvalue weighted by atomic mass is 35.5. The van der Waals surface area contributed by atoms with Crippen LogP contribution in [0.1, 0.15) is 32.9 Å². The smallest absolute Gasteiger partial charge is 0.0827 e. The van der Waals surface area contributed by atoms with Gasteiger partial charge in [0.05, 0.1) is 5.69 Å². The summed E-state index contributed by atoms with van der Waals surface area (Å²) in [5.41, 5.74) is 1.17. The molecule has 80 valence electrons. The molecule has 1 atom stereocenters. The average Bonchev–Trinajstić information content (AvgIpc) is 2.45. The second kappa shape index (κ2) is 4.30. The van der Waals surface area contributed by atoms with E-state index in [1.165, 1.54) is 0 Å². The number of alkyl halides is 1. The van der Waals surface area contributed by atoms with Gasteiger partial charge in [-0.15, -0.1) is 16.7 Å². The Morgan fingerprint density at radius 2 is 2.14 bits per heavy atom. The molecule has 0 aliphatic heterocycles. The molecule has 0 spiro atoms. The number of hydrogen-bond donors (Lipinski definition) is 0. The van der Waals surface area contributed by atoms with Gasteiger partial charge in [0.15, 0.2) is 0 Å². The van der Waals surface area contributed by atoms with Gasteiger partial charge in [-0.2, -0.15) is 0 Å². The number of hydrogen-bond acceptors (Lipinski definition) is 2. The van der Waals surface area contributed by atoms with Gasteiger partial charge in [0.1, 0.15) is 0 Å². The van der Waals surface area contributed by atoms with E-state index in [0.29, 0.717) is 0 Å². The van der Waals surface area contributed by atoms with Gasteiger partial charge in [0.2, 0.25) is 0 Å². The minimum absolute atomic E-state index is 0.157. The Morgan fingerprint density at radius 1 is 1.50 bits per heavy atom. The molecule has 0 bridgehead atoms. The SMILES string of the molecule is Cn1cc(CCC(Cl)C(C)(C)C)nn1. The monoisotopic (exact) mass is 215 g/mol. The van der Waals surface area contributed by atoms with Gasteiger partial charge in [-0.25, -0.2) is 0 Å². The first-order valence-electron chi connectivity index (χ1n) is 4.89. The lowest BCUT2D eigenvalue weighted by Crippen LogP contribution is -2.21. The van der Waals surface area contributed by atoms with Crippen LogP contribution >= 0.6 is 11.6 Å². The second-order valence-corrected chi connectivity index (χ2v) is 5.28. The van der Waals surface area contributed by atoms with Crippen LogP contribution in [0.5, 0.6) is 0 Å². The maximum Gasteiger partial charge on any atom is 0.0827 e. The van der Waals surface area contributed by atoms with Gasteiger partial charge in [0.25, 0.3) is 0 Å². The van der Waals surface area contributed by atoms with Gasteiger partial charge < -0.3 is 0 Å². The maximum absolute atomic E-state index is 6.26. The van der Waals surface area contributed by atoms with Crippen LogP contribution in [-0.4, -0.2) is 20.4 Å². The lowest BCUT2D eigenvalue weighted by molar-refractivity contribution is 0.373. The Hall–Kier alpha value is -0.570. The Labute approximate surface area is 90.4 Å². The normalized spacial score (nSPS) is 14.4. The zero-order valence-corrected chi connectivity index (χ0v) is 10.0. The largest absolute Gasteiger partial charge is 0.255 e. The number of aryl methyl sites for hydroxylation is 2. The Balaban J connectivity index is 2.41. The van der Waals surface area contributed by atoms with Crippen molar-refractivity contribution < 1.29 is 0 Å². The fraction of sp³-hybridized carbons (Fsp3) is 0.800. The molecule has 1 heterocycles. The molecular weight excluding hydrogens is 198 g/mol. The fourth-order valence-corrected chi connectivity index (χ4v) is 1.33. The minimum Gasteiger partial charge on any atom is -0.255 e. The summed E-state index contributed by atoms with van der Waals surface area (Å²) in [6, 6.07) is 0. The van der Waals surface area contributed by atoms with Crippen molar-refractivity contribution in [3.8, 4) is 0 Å². The molecule has 0 saturated heterocycles. The van der Waals surface area contributed by atoms with Crippen molar-refractivity contribution in [2.24, 2.45) is 12.5 Å². The molecule has 1 aromatic heterocycles. The lowest BCUT2D eigenvalue weighted by Gasteiger charge is -2.24. The topological polar surface area (TPSA) is 30.7 Å². The molecule has 3 nitrogen and oxygen atoms in total. The first-order chi connectivity index (χ1) is 6.39. The quantitative estimate of drug-likeness (QED) is 0.725. The molecule has 4 heteroatoms. The summed E-state index contributed by atoms with van der Waals surface area (Å²) in [5.74, 6) is 0. The van der Waals surface area contributed by atoms with Crippen LogP contribution in [0.4, 0.5) is 0 Å². The van der Waals surface area contributed by atoms with Gasteiger partial charge >= 0.3 is 0 Å². The predicted molar refractivity (Wildman–Crippen MR) is 58.4 cm³/mol. The Kier molecular flexibility index (Phi) is 3.53. The molecule has 1 unspecified atom stereocenters. The Bertz CT molecular complexity index is 288. The zero-order chi connectivity index (χ0) is 10.8. The number of nitrogens with zero attached hydrogens (tertiary/aromatic N) is 3. The van der Waals surface area contributed by atoms with Crippen LogP contribution in [0.2, 0.25) is 0 Å². The molecule has 0 amide bonds. The van der Waals surface area contributed by atoms with E-state index >= 15 is 0 Å². The summed E-state index contributed by atoms with van der Waals surface area (Å²) in [7, 11) is 1.87. The molecule has 0 aliphatic carbocycles. The van der Waals surface area contributed by atoms with E-state index in [-0.39, 0.29) is 10.8 Å². The van der Waals surface area contributed by atoms with Crippen LogP contribution in [0.15, 0.2) is 6.20 Å². The van der Waals surface area contributed by atoms with E-state index in [1.54, 1.807) is 4.68 Å². The first-order valence-corrected chi connectivity index (χ1v) is 5.32. The summed E-state index contributed by atoms with van der Waals surface area (Å²) in [4.78, 5) is 0. The molecule has 1 aromatic rings. The highest BCUT2D eigenvalue weighted by molar-refractivity contribution is 6.21. The molecule has 0 radical (unpaired) electrons. The third-order valence-electron chi connectivity index (χ3n) is 2.24. The minimum atomic E-state index is 0.157. The third kappa shape index (κ3) is 3.29. The molecule has 0 aliphatic rings. The van der Waals surface area contributed by atoms with Crippen molar-refractivity contribution >= 4 is 11.6 Å². The highest BCUT2D eigenvalue weighted by Gasteiger charge is 2.21. The van der Waals surface area contributed by atoms with E-state index in [2.05, 4.69) is 31.1 Å². The summed E-state index contributed by atoms with van der Waals surface area (Å²) in [6.07, 6.45) is 3.79. The average molecular weight is 216 g/mol. The van der Waals surface area contributed by atoms with Crippen LogP contribution in [0, 0.1) is 5.41 Å². The molecular formula is C10H18ClN3. The molecule has 0 saturated carbocycles. The molecule has 0 fully saturated rings. The fourth-order valence-electron chi connectivity index (χ4n) is 1.22. The van der Waals surface area contributed by atoms with E-state index in [1.807, 2.05) is 13.2 Å². The van der Waals surface area contributed by atoms with Crippen molar-refractivity contribution in [3.63, 3.8) is 0 Å². The molecule has 0 N–H and O–H groups in total. The van der Waals surface area contributed by atoms with Gasteiger partial charge in [0, 0.05) is 18.6 Å². The van der Waals surface area contributed by atoms with Crippen LogP contribution in [0.3, 0.4) is 0 Å². The van der Waals surface area contributed by atoms with E-state index in [0.717, 1.165) is 18.5 Å². The van der Waals surface area contributed by atoms with Crippen molar-refractivity contribution in [2.75, 3.05) is 0 Å². The summed E-state index contributed by atoms with van der Waals surface area (Å²) in [6.45, 7) is 6.46. The maximum atomic E-state index is 6.26. The van der Waals surface area contributed by atoms with Crippen LogP contribution in [-0.2, 0) is 13.5 Å². The predicted octanol–water partition coefficient (Wildman–Crippen LogP) is 2.40. The Morgan fingerprint density at radius 3 is 2.57 bits per heavy atom. The van der Waals surface area contributed by atoms with Crippen molar-refractivity contribution in [1.82, 2.24) is 15.0 Å². The summed E-state index contributed by atoms with van der Waals surface area (Å²) >= 11 is 6.26. The van der Waals surface area contributed by atoms with E-state index in [4.69, 9.17) is 11.6 Å². The van der Waals surface area contributed by atoms with Gasteiger partial charge in [-0.05, 0) is 18.3 Å². The van der Waals surface area contributed by atoms with E-state index < -0.39 is 0 Å². The number of rotatable bonds is 3. The molecule has 14 heavy (non-hydrogen) atoms. The highest BCUT2D eigenvalue weighted by Crippen LogP contribution is 2.27. The standard InChI is InChI=1S/C10H18ClN3/c1-10(2,3)9(11)6-5-8-7-14(4)13-12-8/h7,9H,5-6H2,1-4H3. The van der Waals surface area contributed by atoms with Crippen LogP contribution in [0.25, 0.3) is 0 Å². The second-order valence-electron chi connectivity index (χ2n) is 4.76. The number of halogens is 1. The van der Waals surface area contributed by atoms with Gasteiger partial charge in [-0.1, -0.05) is 26.0 Å². The molecule has 0 aromatic carbocycles. The first kappa shape index (κ1) is 11.5. The van der Waals surface area contributed by atoms with E-state index in [9.17, 15) is 0 Å². The summed E-state index contributed by atoms with van der Waals surface area (Å²) < 4.78 is 1.72. The molecule has 1 rings (SSSR count). The van der Waals surface area contributed by atoms with Crippen molar-refractivity contribution in [1.29, 1.82) is 0 Å². The number of aromatic nitrogens is 3. The zero-order valence-electron chi connectivity index (χ0n) is 9.29. The van der Waals surface area contributed by atoms with Crippen molar-refractivity contribution in [3.05, 3.63) is 11.9 Å². The van der Waals surface area contributed by atoms with Crippen LogP contribution < -0.4 is 0 Å².